The topological polar surface area (TPSA) is 84.9 Å². The molecule has 0 heterocycles. The standard InChI is InChI=1S/C20H17NO5/c1-25-16-8-4-7-15(11-16)21-19(23)12-26-20(24)17-9-13-5-2-3-6-14(13)10-18(17)22/h2-11,22H,12H2,1H3,(H,21,23). The van der Waals surface area contributed by atoms with Crippen LogP contribution in [0.25, 0.3) is 10.8 Å². The molecule has 0 unspecified atom stereocenters. The van der Waals surface area contributed by atoms with E-state index < -0.39 is 18.5 Å². The number of rotatable bonds is 5. The number of methoxy groups -OCH3 is 1. The summed E-state index contributed by atoms with van der Waals surface area (Å²) in [6.07, 6.45) is 0. The Morgan fingerprint density at radius 2 is 1.73 bits per heavy atom. The van der Waals surface area contributed by atoms with Crippen LogP contribution < -0.4 is 10.1 Å². The highest BCUT2D eigenvalue weighted by molar-refractivity contribution is 6.00. The van der Waals surface area contributed by atoms with Crippen LogP contribution in [0, 0.1) is 0 Å². The van der Waals surface area contributed by atoms with Gasteiger partial charge in [-0.1, -0.05) is 30.3 Å². The van der Waals surface area contributed by atoms with Gasteiger partial charge in [-0.25, -0.2) is 4.79 Å². The average Bonchev–Trinajstić information content (AvgIpc) is 2.65. The molecule has 0 spiro atoms. The highest BCUT2D eigenvalue weighted by Gasteiger charge is 2.15. The van der Waals surface area contributed by atoms with Gasteiger partial charge in [0.2, 0.25) is 0 Å². The van der Waals surface area contributed by atoms with Crippen LogP contribution >= 0.6 is 0 Å². The Hall–Kier alpha value is -3.54. The summed E-state index contributed by atoms with van der Waals surface area (Å²) in [5, 5.41) is 14.2. The number of amides is 1. The van der Waals surface area contributed by atoms with Crippen LogP contribution in [0.5, 0.6) is 11.5 Å². The van der Waals surface area contributed by atoms with E-state index in [0.717, 1.165) is 10.8 Å². The third-order valence-electron chi connectivity index (χ3n) is 3.77. The zero-order chi connectivity index (χ0) is 18.5. The molecule has 6 heteroatoms. The molecule has 132 valence electrons. The first-order chi connectivity index (χ1) is 12.6. The number of carbonyl (C=O) groups is 2. The molecule has 3 aromatic carbocycles. The Balaban J connectivity index is 1.64. The number of phenols is 1. The molecule has 0 bridgehead atoms. The normalized spacial score (nSPS) is 10.3. The van der Waals surface area contributed by atoms with Gasteiger partial charge < -0.3 is 19.9 Å². The van der Waals surface area contributed by atoms with Crippen molar-refractivity contribution in [2.45, 2.75) is 0 Å². The van der Waals surface area contributed by atoms with Crippen molar-refractivity contribution in [3.8, 4) is 11.5 Å². The molecular weight excluding hydrogens is 334 g/mol. The fourth-order valence-electron chi connectivity index (χ4n) is 2.50. The first-order valence-corrected chi connectivity index (χ1v) is 7.89. The van der Waals surface area contributed by atoms with E-state index in [1.165, 1.54) is 19.2 Å². The second-order valence-corrected chi connectivity index (χ2v) is 5.57. The Bertz CT molecular complexity index is 967. The van der Waals surface area contributed by atoms with E-state index in [2.05, 4.69) is 5.32 Å². The largest absolute Gasteiger partial charge is 0.507 e. The molecule has 3 aromatic rings. The van der Waals surface area contributed by atoms with Gasteiger partial charge in [0, 0.05) is 11.8 Å². The Morgan fingerprint density at radius 1 is 1.00 bits per heavy atom. The van der Waals surface area contributed by atoms with Crippen LogP contribution in [0.4, 0.5) is 5.69 Å². The number of hydrogen-bond donors (Lipinski definition) is 2. The monoisotopic (exact) mass is 351 g/mol. The Labute approximate surface area is 150 Å². The number of fused-ring (bicyclic) bond motifs is 1. The molecule has 1 amide bonds. The number of carbonyl (C=O) groups excluding carboxylic acids is 2. The summed E-state index contributed by atoms with van der Waals surface area (Å²) in [5.41, 5.74) is 0.539. The van der Waals surface area contributed by atoms with Crippen molar-refractivity contribution in [1.29, 1.82) is 0 Å². The number of benzene rings is 3. The fraction of sp³-hybridized carbons (Fsp3) is 0.100. The van der Waals surface area contributed by atoms with E-state index in [1.807, 2.05) is 24.3 Å². The summed E-state index contributed by atoms with van der Waals surface area (Å²) in [7, 11) is 1.53. The summed E-state index contributed by atoms with van der Waals surface area (Å²) >= 11 is 0. The number of esters is 1. The van der Waals surface area contributed by atoms with E-state index in [9.17, 15) is 14.7 Å². The van der Waals surface area contributed by atoms with Gasteiger partial charge in [0.25, 0.3) is 5.91 Å². The second-order valence-electron chi connectivity index (χ2n) is 5.57. The minimum absolute atomic E-state index is 0.0119. The summed E-state index contributed by atoms with van der Waals surface area (Å²) in [4.78, 5) is 24.1. The molecular formula is C20H17NO5. The van der Waals surface area contributed by atoms with Crippen LogP contribution in [0.1, 0.15) is 10.4 Å². The lowest BCUT2D eigenvalue weighted by Crippen LogP contribution is -2.21. The molecule has 0 fully saturated rings. The molecule has 26 heavy (non-hydrogen) atoms. The van der Waals surface area contributed by atoms with Gasteiger partial charge in [0.1, 0.15) is 17.1 Å². The average molecular weight is 351 g/mol. The van der Waals surface area contributed by atoms with Crippen LogP contribution in [0.3, 0.4) is 0 Å². The van der Waals surface area contributed by atoms with Crippen molar-refractivity contribution >= 4 is 28.3 Å². The summed E-state index contributed by atoms with van der Waals surface area (Å²) in [5.74, 6) is -0.858. The third-order valence-corrected chi connectivity index (χ3v) is 3.77. The number of hydrogen-bond acceptors (Lipinski definition) is 5. The van der Waals surface area contributed by atoms with E-state index in [-0.39, 0.29) is 11.3 Å². The van der Waals surface area contributed by atoms with E-state index in [4.69, 9.17) is 9.47 Å². The first kappa shape index (κ1) is 17.3. The smallest absolute Gasteiger partial charge is 0.342 e. The van der Waals surface area contributed by atoms with E-state index in [0.29, 0.717) is 11.4 Å². The van der Waals surface area contributed by atoms with Gasteiger partial charge >= 0.3 is 5.97 Å². The van der Waals surface area contributed by atoms with Crippen LogP contribution in [-0.2, 0) is 9.53 Å². The fourth-order valence-corrected chi connectivity index (χ4v) is 2.50. The maximum Gasteiger partial charge on any atom is 0.342 e. The van der Waals surface area contributed by atoms with Gasteiger partial charge in [0.15, 0.2) is 6.61 Å². The zero-order valence-electron chi connectivity index (χ0n) is 14.1. The van der Waals surface area contributed by atoms with Crippen molar-refractivity contribution in [2.75, 3.05) is 19.0 Å². The SMILES string of the molecule is COc1cccc(NC(=O)COC(=O)c2cc3ccccc3cc2O)c1. The van der Waals surface area contributed by atoms with Crippen LogP contribution in [0.2, 0.25) is 0 Å². The highest BCUT2D eigenvalue weighted by Crippen LogP contribution is 2.25. The first-order valence-electron chi connectivity index (χ1n) is 7.89. The lowest BCUT2D eigenvalue weighted by molar-refractivity contribution is -0.119. The summed E-state index contributed by atoms with van der Waals surface area (Å²) < 4.78 is 10.1. The van der Waals surface area contributed by atoms with Crippen molar-refractivity contribution in [1.82, 2.24) is 0 Å². The van der Waals surface area contributed by atoms with Gasteiger partial charge in [-0.3, -0.25) is 4.79 Å². The molecule has 2 N–H and O–H groups in total. The molecule has 0 saturated heterocycles. The molecule has 0 atom stereocenters. The summed E-state index contributed by atoms with van der Waals surface area (Å²) in [6, 6.07) is 17.2. The predicted octanol–water partition coefficient (Wildman–Crippen LogP) is 3.35. The van der Waals surface area contributed by atoms with Crippen molar-refractivity contribution in [2.24, 2.45) is 0 Å². The van der Waals surface area contributed by atoms with Crippen LogP contribution in [-0.4, -0.2) is 30.7 Å². The molecule has 0 aromatic heterocycles. The van der Waals surface area contributed by atoms with Crippen LogP contribution in [0.15, 0.2) is 60.7 Å². The number of phenolic OH excluding ortho intramolecular Hbond substituents is 1. The second kappa shape index (κ2) is 7.57. The molecule has 0 radical (unpaired) electrons. The zero-order valence-corrected chi connectivity index (χ0v) is 14.1. The third kappa shape index (κ3) is 3.92. The molecule has 0 aliphatic rings. The highest BCUT2D eigenvalue weighted by atomic mass is 16.5. The predicted molar refractivity (Wildman–Crippen MR) is 97.5 cm³/mol. The Morgan fingerprint density at radius 3 is 2.46 bits per heavy atom. The minimum Gasteiger partial charge on any atom is -0.507 e. The molecule has 0 saturated carbocycles. The number of anilines is 1. The number of aromatic hydroxyl groups is 1. The van der Waals surface area contributed by atoms with E-state index >= 15 is 0 Å². The maximum atomic E-state index is 12.2. The molecule has 0 aliphatic carbocycles. The lowest BCUT2D eigenvalue weighted by atomic mass is 10.1. The van der Waals surface area contributed by atoms with Crippen molar-refractivity contribution in [3.63, 3.8) is 0 Å². The molecule has 3 rings (SSSR count). The van der Waals surface area contributed by atoms with E-state index in [1.54, 1.807) is 24.3 Å². The minimum atomic E-state index is -0.769. The molecule has 6 nitrogen and oxygen atoms in total. The van der Waals surface area contributed by atoms with Gasteiger partial charge in [0.05, 0.1) is 7.11 Å². The Kier molecular flexibility index (Phi) is 5.03. The summed E-state index contributed by atoms with van der Waals surface area (Å²) in [6.45, 7) is -0.470. The van der Waals surface area contributed by atoms with Crippen molar-refractivity contribution < 1.29 is 24.2 Å². The lowest BCUT2D eigenvalue weighted by Gasteiger charge is -2.09. The van der Waals surface area contributed by atoms with Gasteiger partial charge in [-0.15, -0.1) is 0 Å². The quantitative estimate of drug-likeness (QED) is 0.689. The number of nitrogens with one attached hydrogen (secondary N) is 1. The number of ether oxygens (including phenoxy) is 2. The van der Waals surface area contributed by atoms with Gasteiger partial charge in [-0.2, -0.15) is 0 Å². The molecule has 0 aliphatic heterocycles. The van der Waals surface area contributed by atoms with Crippen molar-refractivity contribution in [3.05, 3.63) is 66.2 Å². The van der Waals surface area contributed by atoms with Gasteiger partial charge in [-0.05, 0) is 35.0 Å². The maximum absolute atomic E-state index is 12.2.